The number of benzene rings is 2. The lowest BCUT2D eigenvalue weighted by Gasteiger charge is -2.43. The molecule has 36 heavy (non-hydrogen) atoms. The molecule has 0 saturated heterocycles. The van der Waals surface area contributed by atoms with Gasteiger partial charge in [-0.05, 0) is 68.3 Å². The maximum atomic E-state index is 13.1. The third kappa shape index (κ3) is 5.98. The molecule has 2 aromatic carbocycles. The molecule has 0 bridgehead atoms. The van der Waals surface area contributed by atoms with Crippen molar-refractivity contribution in [2.75, 3.05) is 19.5 Å². The molecule has 3 rings (SSSR count). The first-order valence-electron chi connectivity index (χ1n) is 11.4. The smallest absolute Gasteiger partial charge is 0.416 e. The third-order valence-corrected chi connectivity index (χ3v) is 7.84. The van der Waals surface area contributed by atoms with Crippen molar-refractivity contribution >= 4 is 24.1 Å². The van der Waals surface area contributed by atoms with Gasteiger partial charge in [-0.3, -0.25) is 9.80 Å². The summed E-state index contributed by atoms with van der Waals surface area (Å²) in [6.07, 6.45) is -0.902. The van der Waals surface area contributed by atoms with Gasteiger partial charge in [0.1, 0.15) is 24.4 Å². The molecule has 0 aliphatic carbocycles. The van der Waals surface area contributed by atoms with E-state index in [1.165, 1.54) is 30.8 Å². The summed E-state index contributed by atoms with van der Waals surface area (Å²) in [5, 5.41) is 18.0. The minimum absolute atomic E-state index is 0.0999. The predicted octanol–water partition coefficient (Wildman–Crippen LogP) is 5.30. The molecule has 1 unspecified atom stereocenters. The van der Waals surface area contributed by atoms with E-state index in [9.17, 15) is 23.1 Å². The molecule has 0 radical (unpaired) electrons. The van der Waals surface area contributed by atoms with Crippen LogP contribution in [0.1, 0.15) is 48.6 Å². The van der Waals surface area contributed by atoms with Gasteiger partial charge in [0.2, 0.25) is 0 Å². The molecule has 0 fully saturated rings. The van der Waals surface area contributed by atoms with Gasteiger partial charge in [0.15, 0.2) is 0 Å². The number of aliphatic hydroxyl groups is 1. The molecule has 10 heteroatoms. The number of thioether (sulfide) groups is 1. The lowest BCUT2D eigenvalue weighted by atomic mass is 9.82. The van der Waals surface area contributed by atoms with Gasteiger partial charge in [-0.1, -0.05) is 24.3 Å². The molecular weight excluding hydrogens is 491 g/mol. The Morgan fingerprint density at radius 3 is 2.17 bits per heavy atom. The van der Waals surface area contributed by atoms with Crippen LogP contribution in [0.25, 0.3) is 0 Å². The van der Waals surface area contributed by atoms with Gasteiger partial charge in [-0.25, -0.2) is 0 Å². The maximum absolute atomic E-state index is 13.1. The van der Waals surface area contributed by atoms with Crippen molar-refractivity contribution in [3.63, 3.8) is 0 Å². The highest BCUT2D eigenvalue weighted by Gasteiger charge is 2.47. The zero-order valence-corrected chi connectivity index (χ0v) is 22.1. The van der Waals surface area contributed by atoms with Crippen LogP contribution >= 0.6 is 11.8 Å². The number of carbonyl (C=O) groups is 1. The van der Waals surface area contributed by atoms with Crippen LogP contribution < -0.4 is 4.74 Å². The Kier molecular flexibility index (Phi) is 8.00. The number of nitrogens with zero attached hydrogens (tertiary/aromatic N) is 3. The lowest BCUT2D eigenvalue weighted by Crippen LogP contribution is -2.52. The van der Waals surface area contributed by atoms with E-state index in [0.717, 1.165) is 28.8 Å². The maximum Gasteiger partial charge on any atom is 0.416 e. The Morgan fingerprint density at radius 1 is 1.11 bits per heavy atom. The Bertz CT molecular complexity index is 1110. The average Bonchev–Trinajstić information content (AvgIpc) is 3.21. The van der Waals surface area contributed by atoms with E-state index < -0.39 is 22.1 Å². The van der Waals surface area contributed by atoms with E-state index in [4.69, 9.17) is 4.74 Å². The van der Waals surface area contributed by atoms with Crippen LogP contribution in [0.4, 0.5) is 13.2 Å². The van der Waals surface area contributed by atoms with Crippen LogP contribution in [0.5, 0.6) is 5.75 Å². The molecule has 1 aliphatic heterocycles. The van der Waals surface area contributed by atoms with Crippen LogP contribution in [-0.2, 0) is 23.1 Å². The number of rotatable bonds is 8. The van der Waals surface area contributed by atoms with Gasteiger partial charge in [-0.15, -0.1) is 0 Å². The highest BCUT2D eigenvalue weighted by atomic mass is 32.2. The quantitative estimate of drug-likeness (QED) is 0.375. The summed E-state index contributed by atoms with van der Waals surface area (Å²) in [6, 6.07) is 8.60. The number of hydrogen-bond donors (Lipinski definition) is 1. The number of aryl methyl sites for hydroxylation is 2. The number of ether oxygens (including phenoxy) is 1. The fourth-order valence-electron chi connectivity index (χ4n) is 4.28. The van der Waals surface area contributed by atoms with Crippen molar-refractivity contribution in [3.8, 4) is 5.75 Å². The Labute approximate surface area is 214 Å². The molecule has 196 valence electrons. The van der Waals surface area contributed by atoms with E-state index in [1.54, 1.807) is 11.3 Å². The number of alkyl halides is 3. The Balaban J connectivity index is 1.77. The molecule has 6 nitrogen and oxygen atoms in total. The summed E-state index contributed by atoms with van der Waals surface area (Å²) in [6.45, 7) is 9.91. The summed E-state index contributed by atoms with van der Waals surface area (Å²) in [5.41, 5.74) is 0.889. The number of β-amino-alcohol motifs (C(OH)–C–C–N with tert-alkyl or cyclic N) is 1. The monoisotopic (exact) mass is 523 g/mol. The summed E-state index contributed by atoms with van der Waals surface area (Å²) in [5.74, 6) is 0.189. The van der Waals surface area contributed by atoms with Gasteiger partial charge in [0.25, 0.3) is 0 Å². The zero-order chi connectivity index (χ0) is 26.9. The van der Waals surface area contributed by atoms with Crippen molar-refractivity contribution < 1.29 is 27.8 Å². The van der Waals surface area contributed by atoms with E-state index >= 15 is 0 Å². The Hall–Kier alpha value is -2.72. The van der Waals surface area contributed by atoms with Crippen molar-refractivity contribution in [3.05, 3.63) is 64.2 Å². The molecule has 0 spiro atoms. The summed E-state index contributed by atoms with van der Waals surface area (Å²) in [7, 11) is 0. The topological polar surface area (TPSA) is 65.4 Å². The highest BCUT2D eigenvalue weighted by Crippen LogP contribution is 2.43. The van der Waals surface area contributed by atoms with E-state index in [1.807, 2.05) is 51.0 Å². The van der Waals surface area contributed by atoms with Crippen LogP contribution in [-0.4, -0.2) is 51.5 Å². The summed E-state index contributed by atoms with van der Waals surface area (Å²) in [4.78, 5) is 13.3. The van der Waals surface area contributed by atoms with Crippen molar-refractivity contribution in [1.82, 2.24) is 9.91 Å². The molecule has 2 aromatic rings. The highest BCUT2D eigenvalue weighted by molar-refractivity contribution is 8.00. The molecular formula is C26H32F3N3O3S. The first-order valence-corrected chi connectivity index (χ1v) is 12.7. The van der Waals surface area contributed by atoms with Crippen LogP contribution in [0.15, 0.2) is 41.5 Å². The van der Waals surface area contributed by atoms with Crippen LogP contribution in [0.3, 0.4) is 0 Å². The largest absolute Gasteiger partial charge is 0.426 e. The second-order valence-electron chi connectivity index (χ2n) is 9.59. The van der Waals surface area contributed by atoms with Gasteiger partial charge in [-0.2, -0.15) is 30.0 Å². The van der Waals surface area contributed by atoms with Gasteiger partial charge in [0.05, 0.1) is 12.1 Å². The molecule has 1 N–H and O–H groups in total. The lowest BCUT2D eigenvalue weighted by molar-refractivity contribution is -0.137. The Morgan fingerprint density at radius 2 is 1.67 bits per heavy atom. The van der Waals surface area contributed by atoms with Crippen molar-refractivity contribution in [1.29, 1.82) is 0 Å². The summed E-state index contributed by atoms with van der Waals surface area (Å²) >= 11 is 1.43. The van der Waals surface area contributed by atoms with Crippen LogP contribution in [0.2, 0.25) is 0 Å². The molecule has 0 aromatic heterocycles. The van der Waals surface area contributed by atoms with E-state index in [0.29, 0.717) is 24.5 Å². The van der Waals surface area contributed by atoms with E-state index in [2.05, 4.69) is 5.10 Å². The molecule has 1 aliphatic rings. The first kappa shape index (κ1) is 27.9. The van der Waals surface area contributed by atoms with E-state index in [-0.39, 0.29) is 12.5 Å². The molecule has 0 saturated carbocycles. The predicted molar refractivity (Wildman–Crippen MR) is 136 cm³/mol. The van der Waals surface area contributed by atoms with Gasteiger partial charge in [0, 0.05) is 18.2 Å². The fraction of sp³-hybridized carbons (Fsp3) is 0.462. The first-order chi connectivity index (χ1) is 16.7. The standard InChI is InChI=1S/C26H32F3N3O3S/c1-17-11-20(12-18(2)23(17)35-19(3)33)13-31-15-30-32(16-31)14-25(34,24(4,5)36-6)21-7-9-22(10-8-21)26(27,28)29/h7-12,15,34H,13-14,16H2,1-6H3. The number of hydrazone groups is 1. The number of esters is 1. The molecule has 0 amide bonds. The van der Waals surface area contributed by atoms with Gasteiger partial charge < -0.3 is 14.7 Å². The van der Waals surface area contributed by atoms with Crippen molar-refractivity contribution in [2.45, 2.75) is 57.7 Å². The number of carbonyl (C=O) groups excluding carboxylic acids is 1. The minimum atomic E-state index is -4.45. The number of hydrogen-bond acceptors (Lipinski definition) is 7. The second kappa shape index (κ2) is 10.3. The number of halogens is 3. The second-order valence-corrected chi connectivity index (χ2v) is 11.0. The average molecular weight is 524 g/mol. The molecule has 1 heterocycles. The fourth-order valence-corrected chi connectivity index (χ4v) is 4.80. The van der Waals surface area contributed by atoms with Crippen LogP contribution in [0, 0.1) is 13.8 Å². The normalized spacial score (nSPS) is 15.8. The summed E-state index contributed by atoms with van der Waals surface area (Å²) < 4.78 is 43.8. The van der Waals surface area contributed by atoms with Crippen molar-refractivity contribution in [2.24, 2.45) is 5.10 Å². The zero-order valence-electron chi connectivity index (χ0n) is 21.3. The SMILES string of the molecule is CSC(C)(C)C(O)(CN1CN(Cc2cc(C)c(OC(C)=O)c(C)c2)C=N1)c1ccc(C(F)(F)F)cc1. The minimum Gasteiger partial charge on any atom is -0.426 e. The molecule has 1 atom stereocenters. The van der Waals surface area contributed by atoms with Gasteiger partial charge >= 0.3 is 12.1 Å². The third-order valence-electron chi connectivity index (χ3n) is 6.48.